The number of nitrogens with one attached hydrogen (secondary N) is 1. The first-order chi connectivity index (χ1) is 14.5. The summed E-state index contributed by atoms with van der Waals surface area (Å²) < 4.78 is 93.7. The second kappa shape index (κ2) is 9.34. The van der Waals surface area contributed by atoms with Gasteiger partial charge in [-0.15, -0.1) is 0 Å². The van der Waals surface area contributed by atoms with Crippen LogP contribution < -0.4 is 5.43 Å². The standard InChI is InChI=1S/C17H15F5N4O4S/c1-3-25(4-2)31(29,30)12-7-9(26(27)28)5-6-11(12)24-23-8-10-13(18)15(20)17(22)16(21)14(10)19/h5-8,24H,3-4H2,1-2H3/b23-8+. The summed E-state index contributed by atoms with van der Waals surface area (Å²) in [7, 11) is -4.24. The maximum absolute atomic E-state index is 13.7. The number of halogens is 5. The number of anilines is 1. The Balaban J connectivity index is 2.53. The Hall–Kier alpha value is -3.13. The van der Waals surface area contributed by atoms with Crippen molar-refractivity contribution in [1.29, 1.82) is 0 Å². The molecule has 2 rings (SSSR count). The van der Waals surface area contributed by atoms with Gasteiger partial charge in [-0.1, -0.05) is 13.8 Å². The normalized spacial score (nSPS) is 12.0. The second-order valence-corrected chi connectivity index (χ2v) is 7.79. The number of benzene rings is 2. The summed E-state index contributed by atoms with van der Waals surface area (Å²) in [4.78, 5) is 9.63. The van der Waals surface area contributed by atoms with E-state index in [-0.39, 0.29) is 25.0 Å². The molecule has 14 heteroatoms. The van der Waals surface area contributed by atoms with Crippen LogP contribution >= 0.6 is 0 Å². The van der Waals surface area contributed by atoms with E-state index in [0.29, 0.717) is 0 Å². The molecule has 0 unspecified atom stereocenters. The molecule has 2 aromatic carbocycles. The highest BCUT2D eigenvalue weighted by Gasteiger charge is 2.28. The maximum atomic E-state index is 13.7. The number of nitro benzene ring substituents is 1. The number of nitro groups is 1. The molecule has 0 saturated heterocycles. The zero-order chi connectivity index (χ0) is 23.5. The lowest BCUT2D eigenvalue weighted by Gasteiger charge is -2.20. The molecule has 0 saturated carbocycles. The van der Waals surface area contributed by atoms with E-state index in [4.69, 9.17) is 0 Å². The van der Waals surface area contributed by atoms with Gasteiger partial charge in [-0.05, 0) is 6.07 Å². The smallest absolute Gasteiger partial charge is 0.270 e. The monoisotopic (exact) mass is 466 g/mol. The van der Waals surface area contributed by atoms with Crippen molar-refractivity contribution in [1.82, 2.24) is 4.31 Å². The van der Waals surface area contributed by atoms with Crippen molar-refractivity contribution in [3.63, 3.8) is 0 Å². The molecule has 0 aliphatic carbocycles. The third-order valence-corrected chi connectivity index (χ3v) is 6.21. The highest BCUT2D eigenvalue weighted by Crippen LogP contribution is 2.29. The zero-order valence-electron chi connectivity index (χ0n) is 16.0. The Labute approximate surface area is 173 Å². The quantitative estimate of drug-likeness (QED) is 0.159. The molecule has 0 aliphatic heterocycles. The van der Waals surface area contributed by atoms with E-state index in [1.54, 1.807) is 0 Å². The Morgan fingerprint density at radius 2 is 1.55 bits per heavy atom. The van der Waals surface area contributed by atoms with E-state index in [1.165, 1.54) is 13.8 Å². The van der Waals surface area contributed by atoms with Crippen molar-refractivity contribution in [2.75, 3.05) is 18.5 Å². The number of rotatable bonds is 8. The van der Waals surface area contributed by atoms with Crippen LogP contribution in [0.3, 0.4) is 0 Å². The van der Waals surface area contributed by atoms with Crippen molar-refractivity contribution >= 4 is 27.6 Å². The predicted molar refractivity (Wildman–Crippen MR) is 101 cm³/mol. The zero-order valence-corrected chi connectivity index (χ0v) is 16.8. The molecule has 0 aromatic heterocycles. The van der Waals surface area contributed by atoms with Crippen LogP contribution in [0.15, 0.2) is 28.2 Å². The molecular formula is C17H15F5N4O4S. The first-order valence-electron chi connectivity index (χ1n) is 8.56. The molecule has 1 N–H and O–H groups in total. The SMILES string of the molecule is CCN(CC)S(=O)(=O)c1cc([N+](=O)[O-])ccc1N/N=C/c1c(F)c(F)c(F)c(F)c1F. The summed E-state index contributed by atoms with van der Waals surface area (Å²) in [5.74, 6) is -11.0. The van der Waals surface area contributed by atoms with Gasteiger partial charge < -0.3 is 0 Å². The fraction of sp³-hybridized carbons (Fsp3) is 0.235. The molecule has 2 aromatic rings. The van der Waals surface area contributed by atoms with Crippen molar-refractivity contribution in [2.45, 2.75) is 18.7 Å². The maximum Gasteiger partial charge on any atom is 0.270 e. The Bertz CT molecular complexity index is 1120. The second-order valence-electron chi connectivity index (χ2n) is 5.88. The average Bonchev–Trinajstić information content (AvgIpc) is 2.73. The Morgan fingerprint density at radius 3 is 2.03 bits per heavy atom. The first kappa shape index (κ1) is 24.1. The number of sulfonamides is 1. The summed E-state index contributed by atoms with van der Waals surface area (Å²) in [5, 5.41) is 14.4. The predicted octanol–water partition coefficient (Wildman–Crippen LogP) is 3.77. The summed E-state index contributed by atoms with van der Waals surface area (Å²) in [6, 6.07) is 2.67. The van der Waals surface area contributed by atoms with Crippen LogP contribution in [0.4, 0.5) is 33.3 Å². The van der Waals surface area contributed by atoms with Gasteiger partial charge in [-0.3, -0.25) is 15.5 Å². The van der Waals surface area contributed by atoms with Crippen LogP contribution in [0, 0.1) is 39.2 Å². The van der Waals surface area contributed by atoms with Crippen LogP contribution in [0.1, 0.15) is 19.4 Å². The Morgan fingerprint density at radius 1 is 1.03 bits per heavy atom. The van der Waals surface area contributed by atoms with Gasteiger partial charge in [-0.2, -0.15) is 9.41 Å². The van der Waals surface area contributed by atoms with E-state index in [0.717, 1.165) is 22.5 Å². The van der Waals surface area contributed by atoms with E-state index >= 15 is 0 Å². The summed E-state index contributed by atoms with van der Waals surface area (Å²) in [5.41, 5.74) is -0.125. The highest BCUT2D eigenvalue weighted by atomic mass is 32.2. The molecule has 0 amide bonds. The fourth-order valence-electron chi connectivity index (χ4n) is 2.53. The third kappa shape index (κ3) is 4.64. The molecule has 0 fully saturated rings. The number of hydrogen-bond acceptors (Lipinski definition) is 6. The summed E-state index contributed by atoms with van der Waals surface area (Å²) in [6.45, 7) is 3.14. The molecule has 168 valence electrons. The molecule has 0 bridgehead atoms. The summed E-state index contributed by atoms with van der Waals surface area (Å²) >= 11 is 0. The molecule has 0 aliphatic rings. The van der Waals surface area contributed by atoms with Gasteiger partial charge in [0.2, 0.25) is 15.8 Å². The summed E-state index contributed by atoms with van der Waals surface area (Å²) in [6.07, 6.45) is 0.269. The lowest BCUT2D eigenvalue weighted by Crippen LogP contribution is -2.31. The van der Waals surface area contributed by atoms with E-state index < -0.39 is 60.2 Å². The van der Waals surface area contributed by atoms with Crippen LogP contribution in [0.2, 0.25) is 0 Å². The van der Waals surface area contributed by atoms with Gasteiger partial charge in [-0.25, -0.2) is 30.4 Å². The van der Waals surface area contributed by atoms with Crippen molar-refractivity contribution in [2.24, 2.45) is 5.10 Å². The van der Waals surface area contributed by atoms with Crippen LogP contribution in [-0.4, -0.2) is 37.0 Å². The topological polar surface area (TPSA) is 105 Å². The van der Waals surface area contributed by atoms with Gasteiger partial charge in [0.25, 0.3) is 5.69 Å². The van der Waals surface area contributed by atoms with E-state index in [2.05, 4.69) is 10.5 Å². The van der Waals surface area contributed by atoms with E-state index in [9.17, 15) is 40.5 Å². The third-order valence-electron chi connectivity index (χ3n) is 4.12. The van der Waals surface area contributed by atoms with Gasteiger partial charge in [0.05, 0.1) is 22.4 Å². The molecule has 31 heavy (non-hydrogen) atoms. The van der Waals surface area contributed by atoms with Crippen LogP contribution in [-0.2, 0) is 10.0 Å². The minimum Gasteiger partial charge on any atom is -0.277 e. The molecular weight excluding hydrogens is 451 g/mol. The van der Waals surface area contributed by atoms with Gasteiger partial charge >= 0.3 is 0 Å². The van der Waals surface area contributed by atoms with Crippen molar-refractivity contribution in [3.05, 3.63) is 63.0 Å². The van der Waals surface area contributed by atoms with Crippen LogP contribution in [0.25, 0.3) is 0 Å². The number of nitrogens with zero attached hydrogens (tertiary/aromatic N) is 3. The van der Waals surface area contributed by atoms with Crippen molar-refractivity contribution < 1.29 is 35.3 Å². The fourth-order valence-corrected chi connectivity index (χ4v) is 4.15. The molecule has 0 atom stereocenters. The van der Waals surface area contributed by atoms with E-state index in [1.807, 2.05) is 0 Å². The number of hydrazone groups is 1. The molecule has 0 spiro atoms. The van der Waals surface area contributed by atoms with Crippen molar-refractivity contribution in [3.8, 4) is 0 Å². The lowest BCUT2D eigenvalue weighted by molar-refractivity contribution is -0.385. The molecule has 0 heterocycles. The number of hydrogen-bond donors (Lipinski definition) is 1. The minimum atomic E-state index is -4.24. The number of non-ortho nitro benzene ring substituents is 1. The Kier molecular flexibility index (Phi) is 7.28. The lowest BCUT2D eigenvalue weighted by atomic mass is 10.2. The highest BCUT2D eigenvalue weighted by molar-refractivity contribution is 7.89. The molecule has 8 nitrogen and oxygen atoms in total. The first-order valence-corrected chi connectivity index (χ1v) is 10.00. The van der Waals surface area contributed by atoms with Gasteiger partial charge in [0.15, 0.2) is 23.3 Å². The van der Waals surface area contributed by atoms with Gasteiger partial charge in [0, 0.05) is 25.2 Å². The average molecular weight is 466 g/mol. The molecule has 0 radical (unpaired) electrons. The largest absolute Gasteiger partial charge is 0.277 e. The van der Waals surface area contributed by atoms with Gasteiger partial charge in [0.1, 0.15) is 4.90 Å². The van der Waals surface area contributed by atoms with Crippen LogP contribution in [0.5, 0.6) is 0 Å². The minimum absolute atomic E-state index is 0.0365.